The van der Waals surface area contributed by atoms with E-state index in [0.29, 0.717) is 5.56 Å². The Kier molecular flexibility index (Phi) is 4.87. The van der Waals surface area contributed by atoms with Crippen molar-refractivity contribution in [1.82, 2.24) is 4.57 Å². The molecule has 0 radical (unpaired) electrons. The van der Waals surface area contributed by atoms with Crippen LogP contribution in [0.25, 0.3) is 16.6 Å². The van der Waals surface area contributed by atoms with Gasteiger partial charge in [0.2, 0.25) is 0 Å². The number of aryl methyl sites for hydroxylation is 1. The number of rotatable bonds is 4. The summed E-state index contributed by atoms with van der Waals surface area (Å²) in [6.07, 6.45) is 1.34. The molecule has 4 aromatic rings. The van der Waals surface area contributed by atoms with Crippen molar-refractivity contribution in [3.63, 3.8) is 0 Å². The second kappa shape index (κ2) is 7.39. The summed E-state index contributed by atoms with van der Waals surface area (Å²) in [4.78, 5) is 24.4. The second-order valence-electron chi connectivity index (χ2n) is 6.78. The van der Waals surface area contributed by atoms with Crippen molar-refractivity contribution in [2.24, 2.45) is 0 Å². The SMILES string of the molecule is Cc1cccc(Cl)c1C(=O)c1cn(-c2ccc(C(=O)O)cc2F)c2cccc(F)c12. The lowest BCUT2D eigenvalue weighted by Crippen LogP contribution is -2.05. The minimum Gasteiger partial charge on any atom is -0.478 e. The van der Waals surface area contributed by atoms with Crippen molar-refractivity contribution in [3.05, 3.63) is 99.7 Å². The highest BCUT2D eigenvalue weighted by molar-refractivity contribution is 6.35. The highest BCUT2D eigenvalue weighted by atomic mass is 35.5. The first-order chi connectivity index (χ1) is 14.3. The minimum absolute atomic E-state index is 0.00877. The smallest absolute Gasteiger partial charge is 0.335 e. The van der Waals surface area contributed by atoms with Gasteiger partial charge in [0.05, 0.1) is 27.4 Å². The Labute approximate surface area is 174 Å². The number of nitrogens with zero attached hydrogens (tertiary/aromatic N) is 1. The van der Waals surface area contributed by atoms with E-state index < -0.39 is 23.4 Å². The molecule has 0 saturated carbocycles. The quantitative estimate of drug-likeness (QED) is 0.420. The average Bonchev–Trinajstić information content (AvgIpc) is 3.08. The van der Waals surface area contributed by atoms with Gasteiger partial charge in [-0.15, -0.1) is 0 Å². The lowest BCUT2D eigenvalue weighted by molar-refractivity contribution is 0.0696. The van der Waals surface area contributed by atoms with Crippen LogP contribution in [0.3, 0.4) is 0 Å². The van der Waals surface area contributed by atoms with Crippen LogP contribution in [0.1, 0.15) is 31.8 Å². The second-order valence-corrected chi connectivity index (χ2v) is 7.19. The first-order valence-corrected chi connectivity index (χ1v) is 9.30. The lowest BCUT2D eigenvalue weighted by Gasteiger charge is -2.07. The number of carbonyl (C=O) groups excluding carboxylic acids is 1. The fraction of sp³-hybridized carbons (Fsp3) is 0.0435. The third-order valence-electron chi connectivity index (χ3n) is 4.93. The predicted octanol–water partition coefficient (Wildman–Crippen LogP) is 5.80. The van der Waals surface area contributed by atoms with E-state index in [1.54, 1.807) is 31.2 Å². The van der Waals surface area contributed by atoms with Gasteiger partial charge in [-0.3, -0.25) is 4.79 Å². The van der Waals surface area contributed by atoms with Crippen molar-refractivity contribution in [1.29, 1.82) is 0 Å². The molecule has 1 N–H and O–H groups in total. The van der Waals surface area contributed by atoms with E-state index in [0.717, 1.165) is 6.07 Å². The molecule has 0 amide bonds. The fourth-order valence-corrected chi connectivity index (χ4v) is 3.81. The molecule has 0 spiro atoms. The van der Waals surface area contributed by atoms with Gasteiger partial charge in [0.1, 0.15) is 11.6 Å². The van der Waals surface area contributed by atoms with Gasteiger partial charge >= 0.3 is 5.97 Å². The minimum atomic E-state index is -1.27. The maximum absolute atomic E-state index is 14.8. The molecule has 0 aliphatic heterocycles. The van der Waals surface area contributed by atoms with Crippen molar-refractivity contribution in [2.75, 3.05) is 0 Å². The lowest BCUT2D eigenvalue weighted by atomic mass is 9.98. The third-order valence-corrected chi connectivity index (χ3v) is 5.24. The topological polar surface area (TPSA) is 59.3 Å². The van der Waals surface area contributed by atoms with E-state index in [9.17, 15) is 18.4 Å². The number of hydrogen-bond donors (Lipinski definition) is 1. The molecule has 30 heavy (non-hydrogen) atoms. The van der Waals surface area contributed by atoms with Gasteiger partial charge in [0.15, 0.2) is 5.78 Å². The largest absolute Gasteiger partial charge is 0.478 e. The summed E-state index contributed by atoms with van der Waals surface area (Å²) in [6, 6.07) is 12.6. The molecule has 0 fully saturated rings. The van der Waals surface area contributed by atoms with Crippen LogP contribution in [0, 0.1) is 18.6 Å². The van der Waals surface area contributed by atoms with Gasteiger partial charge < -0.3 is 9.67 Å². The van der Waals surface area contributed by atoms with E-state index in [-0.39, 0.29) is 38.3 Å². The molecule has 1 aromatic heterocycles. The molecule has 0 saturated heterocycles. The van der Waals surface area contributed by atoms with Crippen LogP contribution in [-0.4, -0.2) is 21.4 Å². The molecular formula is C23H14ClF2NO3. The van der Waals surface area contributed by atoms with Crippen LogP contribution in [-0.2, 0) is 0 Å². The molecule has 0 atom stereocenters. The fourth-order valence-electron chi connectivity index (χ4n) is 3.50. The van der Waals surface area contributed by atoms with E-state index in [1.807, 2.05) is 0 Å². The van der Waals surface area contributed by atoms with Crippen LogP contribution < -0.4 is 0 Å². The first-order valence-electron chi connectivity index (χ1n) is 8.92. The van der Waals surface area contributed by atoms with Gasteiger partial charge in [0.25, 0.3) is 0 Å². The Morgan fingerprint density at radius 2 is 1.73 bits per heavy atom. The summed E-state index contributed by atoms with van der Waals surface area (Å²) in [5.74, 6) is -3.21. The summed E-state index contributed by atoms with van der Waals surface area (Å²) < 4.78 is 30.8. The van der Waals surface area contributed by atoms with Gasteiger partial charge in [-0.1, -0.05) is 29.8 Å². The molecule has 0 unspecified atom stereocenters. The zero-order chi connectivity index (χ0) is 21.6. The number of halogens is 3. The Morgan fingerprint density at radius 1 is 1.00 bits per heavy atom. The normalized spacial score (nSPS) is 11.1. The predicted molar refractivity (Wildman–Crippen MR) is 110 cm³/mol. The van der Waals surface area contributed by atoms with Crippen molar-refractivity contribution >= 4 is 34.3 Å². The maximum atomic E-state index is 14.8. The highest BCUT2D eigenvalue weighted by Gasteiger charge is 2.24. The molecule has 150 valence electrons. The number of hydrogen-bond acceptors (Lipinski definition) is 2. The Balaban J connectivity index is 1.98. The molecule has 4 nitrogen and oxygen atoms in total. The summed E-state index contributed by atoms with van der Waals surface area (Å²) in [7, 11) is 0. The molecule has 0 aliphatic rings. The van der Waals surface area contributed by atoms with E-state index in [4.69, 9.17) is 16.7 Å². The third kappa shape index (κ3) is 3.15. The summed E-state index contributed by atoms with van der Waals surface area (Å²) in [6.45, 7) is 1.72. The zero-order valence-corrected chi connectivity index (χ0v) is 16.4. The number of carbonyl (C=O) groups is 2. The van der Waals surface area contributed by atoms with Gasteiger partial charge in [-0.2, -0.15) is 0 Å². The summed E-state index contributed by atoms with van der Waals surface area (Å²) in [5, 5.41) is 9.32. The van der Waals surface area contributed by atoms with Crippen molar-refractivity contribution < 1.29 is 23.5 Å². The van der Waals surface area contributed by atoms with Crippen molar-refractivity contribution in [3.8, 4) is 5.69 Å². The van der Waals surface area contributed by atoms with E-state index >= 15 is 0 Å². The number of ketones is 1. The number of carboxylic acids is 1. The van der Waals surface area contributed by atoms with Crippen LogP contribution >= 0.6 is 11.6 Å². The van der Waals surface area contributed by atoms with Crippen LogP contribution in [0.4, 0.5) is 8.78 Å². The molecule has 3 aromatic carbocycles. The molecular weight excluding hydrogens is 412 g/mol. The number of aromatic nitrogens is 1. The Hall–Kier alpha value is -3.51. The molecule has 0 bridgehead atoms. The molecule has 7 heteroatoms. The van der Waals surface area contributed by atoms with Crippen LogP contribution in [0.5, 0.6) is 0 Å². The molecule has 4 rings (SSSR count). The number of aromatic carboxylic acids is 1. The van der Waals surface area contributed by atoms with Crippen LogP contribution in [0.2, 0.25) is 5.02 Å². The average molecular weight is 426 g/mol. The molecule has 1 heterocycles. The number of benzene rings is 3. The zero-order valence-electron chi connectivity index (χ0n) is 15.6. The molecule has 0 aliphatic carbocycles. The summed E-state index contributed by atoms with van der Waals surface area (Å²) in [5.41, 5.74) is 0.934. The van der Waals surface area contributed by atoms with Gasteiger partial charge in [-0.05, 0) is 48.9 Å². The first kappa shape index (κ1) is 19.8. The van der Waals surface area contributed by atoms with Crippen LogP contribution in [0.15, 0.2) is 60.8 Å². The number of carboxylic acid groups (broad SMARTS) is 1. The highest BCUT2D eigenvalue weighted by Crippen LogP contribution is 2.32. The summed E-state index contributed by atoms with van der Waals surface area (Å²) >= 11 is 6.22. The van der Waals surface area contributed by atoms with Gasteiger partial charge in [0, 0.05) is 17.1 Å². The Bertz CT molecular complexity index is 1320. The maximum Gasteiger partial charge on any atom is 0.335 e. The monoisotopic (exact) mass is 425 g/mol. The standard InChI is InChI=1S/C23H14ClF2NO3/c1-12-4-2-5-15(24)20(12)22(28)14-11-27(19-7-3-6-16(25)21(14)19)18-9-8-13(23(29)30)10-17(18)26/h2-11H,1H3,(H,29,30). The number of fused-ring (bicyclic) bond motifs is 1. The Morgan fingerprint density at radius 3 is 2.40 bits per heavy atom. The van der Waals surface area contributed by atoms with E-state index in [1.165, 1.54) is 35.0 Å². The van der Waals surface area contributed by atoms with Gasteiger partial charge in [-0.25, -0.2) is 13.6 Å². The van der Waals surface area contributed by atoms with E-state index in [2.05, 4.69) is 0 Å². The van der Waals surface area contributed by atoms with Crippen molar-refractivity contribution in [2.45, 2.75) is 6.92 Å².